The molecular weight excluding hydrogens is 160 g/mol. The normalized spacial score (nSPS) is 27.9. The Bertz CT molecular complexity index is 169. The van der Waals surface area contributed by atoms with Crippen LogP contribution in [0.15, 0.2) is 0 Å². The zero-order valence-corrected chi connectivity index (χ0v) is 8.76. The molecule has 0 heterocycles. The summed E-state index contributed by atoms with van der Waals surface area (Å²) in [6, 6.07) is 0.863. The highest BCUT2D eigenvalue weighted by Gasteiger charge is 2.41. The van der Waals surface area contributed by atoms with Crippen molar-refractivity contribution in [3.8, 4) is 0 Å². The van der Waals surface area contributed by atoms with Crippen molar-refractivity contribution in [2.75, 3.05) is 13.6 Å². The minimum atomic E-state index is 0.374. The monoisotopic (exact) mass is 182 g/mol. The van der Waals surface area contributed by atoms with Gasteiger partial charge in [0.05, 0.1) is 0 Å². The van der Waals surface area contributed by atoms with E-state index in [0.717, 1.165) is 12.6 Å². The molecule has 2 N–H and O–H groups in total. The van der Waals surface area contributed by atoms with E-state index in [-0.39, 0.29) is 0 Å². The van der Waals surface area contributed by atoms with Crippen LogP contribution in [0, 0.1) is 0 Å². The molecule has 2 nitrogen and oxygen atoms in total. The lowest BCUT2D eigenvalue weighted by atomic mass is 9.80. The fraction of sp³-hybridized carbons (Fsp3) is 1.00. The Morgan fingerprint density at radius 1 is 1.23 bits per heavy atom. The van der Waals surface area contributed by atoms with E-state index < -0.39 is 0 Å². The molecular formula is C11H22N2. The van der Waals surface area contributed by atoms with E-state index in [4.69, 9.17) is 5.73 Å². The average Bonchev–Trinajstić information content (AvgIpc) is 3.01. The quantitative estimate of drug-likeness (QED) is 0.720. The predicted molar refractivity (Wildman–Crippen MR) is 55.7 cm³/mol. The summed E-state index contributed by atoms with van der Waals surface area (Å²) in [5.74, 6) is 0. The third-order valence-corrected chi connectivity index (χ3v) is 4.01. The smallest absolute Gasteiger partial charge is 0.0331 e. The summed E-state index contributed by atoms with van der Waals surface area (Å²) in [4.78, 5) is 2.59. The molecule has 2 aliphatic carbocycles. The number of rotatable bonds is 3. The van der Waals surface area contributed by atoms with Gasteiger partial charge in [-0.15, -0.1) is 0 Å². The van der Waals surface area contributed by atoms with Gasteiger partial charge < -0.3 is 5.73 Å². The Balaban J connectivity index is 2.02. The van der Waals surface area contributed by atoms with Gasteiger partial charge >= 0.3 is 0 Å². The van der Waals surface area contributed by atoms with Crippen molar-refractivity contribution >= 4 is 0 Å². The third-order valence-electron chi connectivity index (χ3n) is 4.01. The summed E-state index contributed by atoms with van der Waals surface area (Å²) in [5, 5.41) is 0. The summed E-state index contributed by atoms with van der Waals surface area (Å²) in [5.41, 5.74) is 6.34. The first-order chi connectivity index (χ1) is 6.28. The molecule has 2 fully saturated rings. The highest BCUT2D eigenvalue weighted by atomic mass is 15.2. The first kappa shape index (κ1) is 9.47. The van der Waals surface area contributed by atoms with Crippen LogP contribution in [0.25, 0.3) is 0 Å². The fourth-order valence-corrected chi connectivity index (χ4v) is 2.76. The van der Waals surface area contributed by atoms with Crippen LogP contribution in [0.2, 0.25) is 0 Å². The predicted octanol–water partition coefficient (Wildman–Crippen LogP) is 1.74. The van der Waals surface area contributed by atoms with Crippen LogP contribution < -0.4 is 5.73 Å². The first-order valence-electron chi connectivity index (χ1n) is 5.71. The summed E-state index contributed by atoms with van der Waals surface area (Å²) in [6.07, 6.45) is 9.65. The van der Waals surface area contributed by atoms with Gasteiger partial charge in [0, 0.05) is 18.1 Å². The second kappa shape index (κ2) is 3.58. The lowest BCUT2D eigenvalue weighted by molar-refractivity contribution is 0.0754. The Labute approximate surface area is 81.5 Å². The van der Waals surface area contributed by atoms with Crippen molar-refractivity contribution in [1.29, 1.82) is 0 Å². The number of nitrogens with zero attached hydrogens (tertiary/aromatic N) is 1. The Morgan fingerprint density at radius 2 is 1.85 bits per heavy atom. The number of likely N-dealkylation sites (N-methyl/N-ethyl adjacent to an activating group) is 1. The highest BCUT2D eigenvalue weighted by Crippen LogP contribution is 2.38. The molecule has 2 aliphatic rings. The van der Waals surface area contributed by atoms with E-state index in [0.29, 0.717) is 5.54 Å². The van der Waals surface area contributed by atoms with Gasteiger partial charge in [0.2, 0.25) is 0 Å². The Morgan fingerprint density at radius 3 is 2.31 bits per heavy atom. The van der Waals surface area contributed by atoms with E-state index in [9.17, 15) is 0 Å². The SMILES string of the molecule is CN(C1CC1)C1(CN)CCCCC1. The number of hydrogen-bond acceptors (Lipinski definition) is 2. The molecule has 0 radical (unpaired) electrons. The molecule has 0 saturated heterocycles. The third kappa shape index (κ3) is 1.75. The van der Waals surface area contributed by atoms with E-state index in [1.807, 2.05) is 0 Å². The van der Waals surface area contributed by atoms with E-state index in [1.54, 1.807) is 0 Å². The van der Waals surface area contributed by atoms with Crippen LogP contribution in [0.5, 0.6) is 0 Å². The molecule has 0 amide bonds. The molecule has 0 unspecified atom stereocenters. The Hall–Kier alpha value is -0.0800. The second-order valence-corrected chi connectivity index (χ2v) is 4.83. The van der Waals surface area contributed by atoms with Gasteiger partial charge in [0.25, 0.3) is 0 Å². The maximum Gasteiger partial charge on any atom is 0.0331 e. The highest BCUT2D eigenvalue weighted by molar-refractivity contribution is 4.98. The molecule has 2 rings (SSSR count). The Kier molecular flexibility index (Phi) is 2.61. The fourth-order valence-electron chi connectivity index (χ4n) is 2.76. The topological polar surface area (TPSA) is 29.3 Å². The molecule has 0 aromatic rings. The second-order valence-electron chi connectivity index (χ2n) is 4.83. The van der Waals surface area contributed by atoms with Crippen molar-refractivity contribution in [2.45, 2.75) is 56.5 Å². The zero-order valence-electron chi connectivity index (χ0n) is 8.76. The summed E-state index contributed by atoms with van der Waals surface area (Å²) >= 11 is 0. The van der Waals surface area contributed by atoms with Crippen LogP contribution in [-0.2, 0) is 0 Å². The molecule has 76 valence electrons. The summed E-state index contributed by atoms with van der Waals surface area (Å²) in [6.45, 7) is 0.861. The molecule has 0 bridgehead atoms. The molecule has 2 heteroatoms. The lowest BCUT2D eigenvalue weighted by Crippen LogP contribution is -2.54. The maximum atomic E-state index is 5.96. The van der Waals surface area contributed by atoms with Crippen LogP contribution in [0.1, 0.15) is 44.9 Å². The molecule has 0 aromatic carbocycles. The van der Waals surface area contributed by atoms with Crippen LogP contribution in [0.4, 0.5) is 0 Å². The van der Waals surface area contributed by atoms with E-state index in [1.165, 1.54) is 44.9 Å². The molecule has 0 aliphatic heterocycles. The van der Waals surface area contributed by atoms with Crippen molar-refractivity contribution in [3.05, 3.63) is 0 Å². The van der Waals surface area contributed by atoms with Crippen molar-refractivity contribution in [2.24, 2.45) is 5.73 Å². The van der Waals surface area contributed by atoms with E-state index in [2.05, 4.69) is 11.9 Å². The maximum absolute atomic E-state index is 5.96. The standard InChI is InChI=1S/C11H22N2/c1-13(10-5-6-10)11(9-12)7-3-2-4-8-11/h10H,2-9,12H2,1H3. The van der Waals surface area contributed by atoms with Crippen molar-refractivity contribution in [1.82, 2.24) is 4.90 Å². The van der Waals surface area contributed by atoms with Gasteiger partial charge in [-0.3, -0.25) is 4.90 Å². The minimum Gasteiger partial charge on any atom is -0.329 e. The van der Waals surface area contributed by atoms with Crippen molar-refractivity contribution < 1.29 is 0 Å². The van der Waals surface area contributed by atoms with Crippen molar-refractivity contribution in [3.63, 3.8) is 0 Å². The lowest BCUT2D eigenvalue weighted by Gasteiger charge is -2.44. The van der Waals surface area contributed by atoms with Gasteiger partial charge in [-0.2, -0.15) is 0 Å². The summed E-state index contributed by atoms with van der Waals surface area (Å²) in [7, 11) is 2.29. The minimum absolute atomic E-state index is 0.374. The number of nitrogens with two attached hydrogens (primary N) is 1. The molecule has 0 aromatic heterocycles. The first-order valence-corrected chi connectivity index (χ1v) is 5.71. The van der Waals surface area contributed by atoms with Crippen LogP contribution in [0.3, 0.4) is 0 Å². The number of hydrogen-bond donors (Lipinski definition) is 1. The molecule has 0 spiro atoms. The van der Waals surface area contributed by atoms with Gasteiger partial charge in [0.15, 0.2) is 0 Å². The van der Waals surface area contributed by atoms with Gasteiger partial charge in [-0.1, -0.05) is 19.3 Å². The molecule has 0 atom stereocenters. The van der Waals surface area contributed by atoms with Crippen LogP contribution >= 0.6 is 0 Å². The molecule has 13 heavy (non-hydrogen) atoms. The largest absolute Gasteiger partial charge is 0.329 e. The zero-order chi connectivity index (χ0) is 9.31. The average molecular weight is 182 g/mol. The van der Waals surface area contributed by atoms with Gasteiger partial charge in [-0.05, 0) is 32.7 Å². The van der Waals surface area contributed by atoms with Gasteiger partial charge in [-0.25, -0.2) is 0 Å². The van der Waals surface area contributed by atoms with E-state index >= 15 is 0 Å². The summed E-state index contributed by atoms with van der Waals surface area (Å²) < 4.78 is 0. The van der Waals surface area contributed by atoms with Gasteiger partial charge in [0.1, 0.15) is 0 Å². The molecule has 2 saturated carbocycles. The van der Waals surface area contributed by atoms with Crippen LogP contribution in [-0.4, -0.2) is 30.1 Å².